The molecule has 0 radical (unpaired) electrons. The number of anilines is 3. The van der Waals surface area contributed by atoms with E-state index in [1.54, 1.807) is 11.3 Å². The van der Waals surface area contributed by atoms with Crippen LogP contribution in [0, 0.1) is 5.41 Å². The van der Waals surface area contributed by atoms with Crippen LogP contribution in [-0.2, 0) is 13.0 Å². The van der Waals surface area contributed by atoms with Gasteiger partial charge in [0.05, 0.1) is 11.4 Å². The van der Waals surface area contributed by atoms with E-state index in [4.69, 9.17) is 22.6 Å². The number of nitrogen functional groups attached to an aromatic ring is 1. The Morgan fingerprint density at radius 2 is 1.65 bits per heavy atom. The van der Waals surface area contributed by atoms with E-state index in [1.807, 2.05) is 54.7 Å². The van der Waals surface area contributed by atoms with Gasteiger partial charge in [-0.15, -0.1) is 11.3 Å². The smallest absolute Gasteiger partial charge is 0.323 e. The van der Waals surface area contributed by atoms with Crippen molar-refractivity contribution in [1.82, 2.24) is 4.98 Å². The summed E-state index contributed by atoms with van der Waals surface area (Å²) in [7, 11) is 0. The fraction of sp³-hybridized carbons (Fsp3) is 0.156. The van der Waals surface area contributed by atoms with Crippen LogP contribution < -0.4 is 22.1 Å². The molecule has 40 heavy (non-hydrogen) atoms. The number of amides is 2. The van der Waals surface area contributed by atoms with Crippen molar-refractivity contribution in [2.45, 2.75) is 32.7 Å². The molecule has 0 bridgehead atoms. The van der Waals surface area contributed by atoms with Gasteiger partial charge in [-0.2, -0.15) is 0 Å². The monoisotopic (exact) mass is 548 g/mol. The molecule has 0 aliphatic rings. The molecular weight excluding hydrogens is 516 g/mol. The van der Waals surface area contributed by atoms with E-state index in [-0.39, 0.29) is 0 Å². The molecule has 0 unspecified atom stereocenters. The van der Waals surface area contributed by atoms with Gasteiger partial charge in [-0.1, -0.05) is 61.9 Å². The van der Waals surface area contributed by atoms with Crippen molar-refractivity contribution in [3.8, 4) is 22.3 Å². The van der Waals surface area contributed by atoms with E-state index >= 15 is 0 Å². The zero-order chi connectivity index (χ0) is 28.2. The van der Waals surface area contributed by atoms with Gasteiger partial charge in [-0.05, 0) is 58.3 Å². The number of nitrogens with one attached hydrogen (secondary N) is 1. The highest BCUT2D eigenvalue weighted by Gasteiger charge is 2.18. The average Bonchev–Trinajstić information content (AvgIpc) is 3.41. The minimum Gasteiger partial charge on any atom is -0.383 e. The number of rotatable bonds is 9. The molecule has 0 saturated heterocycles. The first kappa shape index (κ1) is 27.1. The number of nitrogens with zero attached hydrogens (tertiary/aromatic N) is 2. The summed E-state index contributed by atoms with van der Waals surface area (Å²) >= 11 is 1.63. The lowest BCUT2D eigenvalue weighted by molar-refractivity contribution is 0.256. The first-order valence-electron chi connectivity index (χ1n) is 13.2. The predicted octanol–water partition coefficient (Wildman–Crippen LogP) is 7.25. The van der Waals surface area contributed by atoms with Gasteiger partial charge in [-0.25, -0.2) is 9.78 Å². The number of hydrogen-bond acceptors (Lipinski definition) is 6. The van der Waals surface area contributed by atoms with Gasteiger partial charge >= 0.3 is 6.03 Å². The van der Waals surface area contributed by atoms with Crippen molar-refractivity contribution in [3.63, 3.8) is 0 Å². The lowest BCUT2D eigenvalue weighted by atomic mass is 9.99. The summed E-state index contributed by atoms with van der Waals surface area (Å²) in [6, 6.07) is 22.9. The van der Waals surface area contributed by atoms with Crippen molar-refractivity contribution >= 4 is 50.4 Å². The fourth-order valence-corrected chi connectivity index (χ4v) is 6.06. The van der Waals surface area contributed by atoms with E-state index in [0.717, 1.165) is 62.0 Å². The molecule has 7 N–H and O–H groups in total. The van der Waals surface area contributed by atoms with Crippen LogP contribution in [-0.4, -0.2) is 16.7 Å². The molecule has 5 aromatic rings. The van der Waals surface area contributed by atoms with Crippen molar-refractivity contribution in [1.29, 1.82) is 5.41 Å². The van der Waals surface area contributed by atoms with Crippen LogP contribution in [0.25, 0.3) is 32.3 Å². The molecule has 2 amide bonds. The molecule has 7 nitrogen and oxygen atoms in total. The van der Waals surface area contributed by atoms with Gasteiger partial charge < -0.3 is 22.6 Å². The van der Waals surface area contributed by atoms with E-state index in [1.165, 1.54) is 4.90 Å². The Hall–Kier alpha value is -4.53. The normalized spacial score (nSPS) is 11.1. The van der Waals surface area contributed by atoms with Crippen molar-refractivity contribution in [2.24, 2.45) is 11.5 Å². The lowest BCUT2D eigenvalue weighted by Gasteiger charge is -2.21. The third kappa shape index (κ3) is 5.45. The first-order chi connectivity index (χ1) is 19.4. The summed E-state index contributed by atoms with van der Waals surface area (Å²) in [5.74, 6) is 0.473. The van der Waals surface area contributed by atoms with Gasteiger partial charge in [-0.3, -0.25) is 4.90 Å². The molecule has 3 aromatic carbocycles. The predicted molar refractivity (Wildman–Crippen MR) is 167 cm³/mol. The molecule has 8 heteroatoms. The number of carbonyl (C=O) groups is 1. The number of urea groups is 1. The van der Waals surface area contributed by atoms with Crippen LogP contribution >= 0.6 is 11.3 Å². The van der Waals surface area contributed by atoms with Crippen LogP contribution in [0.4, 0.5) is 22.0 Å². The van der Waals surface area contributed by atoms with Crippen molar-refractivity contribution in [2.75, 3.05) is 10.6 Å². The van der Waals surface area contributed by atoms with Crippen LogP contribution in [0.15, 0.2) is 84.4 Å². The number of carbonyl (C=O) groups excluding carboxylic acids is 1. The summed E-state index contributed by atoms with van der Waals surface area (Å²) in [6.07, 6.45) is 4.32. The third-order valence-corrected chi connectivity index (χ3v) is 7.93. The maximum atomic E-state index is 12.4. The number of nitrogens with two attached hydrogens (primary N) is 3. The van der Waals surface area contributed by atoms with Gasteiger partial charge in [0.2, 0.25) is 0 Å². The maximum absolute atomic E-state index is 12.4. The number of aromatic nitrogens is 1. The molecule has 0 aliphatic heterocycles. The largest absolute Gasteiger partial charge is 0.383 e. The standard InChI is InChI=1S/C32H32N6OS/c1-2-4-24(34)15-20-7-9-22(10-8-20)27-18-37-31(35)29-28(19-40-30(27)29)23-11-13-25(14-12-23)38(32(36)39)26-6-3-5-21(16-26)17-33/h3,5-14,16,18-19,34H,2,4,15,17,33H2,1H3,(H2,35,37)(H2,36,39). The van der Waals surface area contributed by atoms with E-state index in [0.29, 0.717) is 30.2 Å². The molecule has 0 aliphatic carbocycles. The number of hydrogen-bond donors (Lipinski definition) is 4. The van der Waals surface area contributed by atoms with Gasteiger partial charge in [0, 0.05) is 46.1 Å². The fourth-order valence-electron chi connectivity index (χ4n) is 4.94. The second-order valence-electron chi connectivity index (χ2n) is 9.73. The zero-order valence-corrected chi connectivity index (χ0v) is 23.2. The molecular formula is C32H32N6OS. The topological polar surface area (TPSA) is 135 Å². The minimum absolute atomic E-state index is 0.371. The van der Waals surface area contributed by atoms with Gasteiger partial charge in [0.15, 0.2) is 0 Å². The second kappa shape index (κ2) is 11.7. The van der Waals surface area contributed by atoms with E-state index in [9.17, 15) is 4.79 Å². The SMILES string of the molecule is CCCC(=N)Cc1ccc(-c2cnc(N)c3c(-c4ccc(N(C(N)=O)c5cccc(CN)c5)cc4)csc23)cc1. The molecule has 0 atom stereocenters. The van der Waals surface area contributed by atoms with Gasteiger partial charge in [0.1, 0.15) is 5.82 Å². The zero-order valence-electron chi connectivity index (χ0n) is 22.4. The number of thiophene rings is 1. The number of primary amides is 1. The van der Waals surface area contributed by atoms with E-state index < -0.39 is 6.03 Å². The highest BCUT2D eigenvalue weighted by molar-refractivity contribution is 7.18. The number of pyridine rings is 1. The summed E-state index contributed by atoms with van der Waals surface area (Å²) in [5.41, 5.74) is 26.1. The van der Waals surface area contributed by atoms with Crippen LogP contribution in [0.2, 0.25) is 0 Å². The summed E-state index contributed by atoms with van der Waals surface area (Å²) in [5, 5.41) is 11.1. The van der Waals surface area contributed by atoms with Crippen LogP contribution in [0.1, 0.15) is 30.9 Å². The average molecular weight is 549 g/mol. The van der Waals surface area contributed by atoms with Crippen molar-refractivity contribution in [3.05, 3.63) is 95.5 Å². The Kier molecular flexibility index (Phi) is 7.91. The molecule has 202 valence electrons. The Balaban J connectivity index is 1.47. The van der Waals surface area contributed by atoms with Crippen molar-refractivity contribution < 1.29 is 4.79 Å². The molecule has 5 rings (SSSR count). The molecule has 0 fully saturated rings. The molecule has 0 spiro atoms. The Bertz CT molecular complexity index is 1670. The number of fused-ring (bicyclic) bond motifs is 1. The molecule has 2 heterocycles. The number of benzene rings is 3. The maximum Gasteiger partial charge on any atom is 0.323 e. The van der Waals surface area contributed by atoms with Gasteiger partial charge in [0.25, 0.3) is 0 Å². The molecule has 0 saturated carbocycles. The Labute approximate surface area is 237 Å². The Morgan fingerprint density at radius 3 is 2.33 bits per heavy atom. The lowest BCUT2D eigenvalue weighted by Crippen LogP contribution is -2.31. The highest BCUT2D eigenvalue weighted by atomic mass is 32.1. The third-order valence-electron chi connectivity index (χ3n) is 6.92. The highest BCUT2D eigenvalue weighted by Crippen LogP contribution is 2.42. The minimum atomic E-state index is -0.575. The van der Waals surface area contributed by atoms with Crippen LogP contribution in [0.3, 0.4) is 0 Å². The first-order valence-corrected chi connectivity index (χ1v) is 14.1. The van der Waals surface area contributed by atoms with E-state index in [2.05, 4.69) is 41.6 Å². The van der Waals surface area contributed by atoms with Crippen LogP contribution in [0.5, 0.6) is 0 Å². The molecule has 2 aromatic heterocycles. The Morgan fingerprint density at radius 1 is 0.950 bits per heavy atom. The second-order valence-corrected chi connectivity index (χ2v) is 10.6. The summed E-state index contributed by atoms with van der Waals surface area (Å²) in [6.45, 7) is 2.47. The quantitative estimate of drug-likeness (QED) is 0.144. The summed E-state index contributed by atoms with van der Waals surface area (Å²) < 4.78 is 1.07. The summed E-state index contributed by atoms with van der Waals surface area (Å²) in [4.78, 5) is 18.4.